The minimum absolute atomic E-state index is 0.0246. The molecule has 0 aromatic heterocycles. The monoisotopic (exact) mass is 400 g/mol. The average Bonchev–Trinajstić information content (AvgIpc) is 2.65. The molecular formula is C22H24O7. The normalized spacial score (nSPS) is 13.3. The highest BCUT2D eigenvalue weighted by Gasteiger charge is 2.42. The molecule has 3 N–H and O–H groups in total. The number of hydrogen-bond acceptors (Lipinski definition) is 5. The minimum Gasteiger partial charge on any atom is -0.481 e. The van der Waals surface area contributed by atoms with Gasteiger partial charge in [-0.1, -0.05) is 60.7 Å². The van der Waals surface area contributed by atoms with Gasteiger partial charge in [-0.25, -0.2) is 0 Å². The van der Waals surface area contributed by atoms with Crippen LogP contribution in [-0.4, -0.2) is 45.4 Å². The van der Waals surface area contributed by atoms with Crippen LogP contribution in [0.25, 0.3) is 0 Å². The number of esters is 1. The zero-order chi connectivity index (χ0) is 21.5. The van der Waals surface area contributed by atoms with Crippen LogP contribution in [0.1, 0.15) is 37.3 Å². The molecule has 2 rings (SSSR count). The molecule has 0 saturated carbocycles. The van der Waals surface area contributed by atoms with Gasteiger partial charge in [-0.2, -0.15) is 0 Å². The summed E-state index contributed by atoms with van der Waals surface area (Å²) < 4.78 is 5.15. The van der Waals surface area contributed by atoms with Crippen molar-refractivity contribution in [3.05, 3.63) is 71.8 Å². The van der Waals surface area contributed by atoms with E-state index in [1.54, 1.807) is 60.7 Å². The fraction of sp³-hybridized carbons (Fsp3) is 0.318. The van der Waals surface area contributed by atoms with Gasteiger partial charge in [0, 0.05) is 6.42 Å². The highest BCUT2D eigenvalue weighted by molar-refractivity contribution is 5.86. The molecular weight excluding hydrogens is 376 g/mol. The van der Waals surface area contributed by atoms with Gasteiger partial charge in [0.15, 0.2) is 0 Å². The molecule has 29 heavy (non-hydrogen) atoms. The van der Waals surface area contributed by atoms with Crippen LogP contribution in [-0.2, 0) is 24.5 Å². The van der Waals surface area contributed by atoms with Crippen molar-refractivity contribution >= 4 is 17.9 Å². The summed E-state index contributed by atoms with van der Waals surface area (Å²) in [5.74, 6) is -3.11. The molecule has 7 heteroatoms. The lowest BCUT2D eigenvalue weighted by molar-refractivity contribution is -0.154. The van der Waals surface area contributed by atoms with Gasteiger partial charge in [-0.3, -0.25) is 14.4 Å². The van der Waals surface area contributed by atoms with E-state index in [1.165, 1.54) is 6.92 Å². The van der Waals surface area contributed by atoms with Gasteiger partial charge in [-0.15, -0.1) is 0 Å². The summed E-state index contributed by atoms with van der Waals surface area (Å²) in [6.07, 6.45) is -1.13. The third-order valence-electron chi connectivity index (χ3n) is 4.70. The van der Waals surface area contributed by atoms with E-state index in [0.29, 0.717) is 11.1 Å². The number of benzene rings is 2. The quantitative estimate of drug-likeness (QED) is 0.524. The van der Waals surface area contributed by atoms with Crippen LogP contribution in [0, 0.1) is 0 Å². The number of carbonyl (C=O) groups is 3. The van der Waals surface area contributed by atoms with E-state index in [2.05, 4.69) is 0 Å². The van der Waals surface area contributed by atoms with Crippen LogP contribution in [0.5, 0.6) is 0 Å². The Morgan fingerprint density at radius 2 is 1.34 bits per heavy atom. The number of aliphatic carboxylic acids is 2. The van der Waals surface area contributed by atoms with Gasteiger partial charge in [0.25, 0.3) is 0 Å². The van der Waals surface area contributed by atoms with Crippen molar-refractivity contribution in [2.75, 3.05) is 6.61 Å². The molecule has 0 aliphatic heterocycles. The van der Waals surface area contributed by atoms with Crippen molar-refractivity contribution < 1.29 is 34.4 Å². The van der Waals surface area contributed by atoms with Crippen molar-refractivity contribution in [2.24, 2.45) is 0 Å². The maximum atomic E-state index is 12.4. The maximum absolute atomic E-state index is 12.4. The third-order valence-corrected chi connectivity index (χ3v) is 4.70. The molecule has 0 heterocycles. The topological polar surface area (TPSA) is 121 Å². The first kappa shape index (κ1) is 22.1. The molecule has 0 aliphatic carbocycles. The molecule has 0 fully saturated rings. The zero-order valence-corrected chi connectivity index (χ0v) is 16.1. The molecule has 154 valence electrons. The van der Waals surface area contributed by atoms with Crippen molar-refractivity contribution in [2.45, 2.75) is 37.2 Å². The first-order chi connectivity index (χ1) is 13.7. The van der Waals surface area contributed by atoms with E-state index < -0.39 is 41.8 Å². The van der Waals surface area contributed by atoms with Crippen LogP contribution in [0.3, 0.4) is 0 Å². The molecule has 1 unspecified atom stereocenters. The van der Waals surface area contributed by atoms with E-state index >= 15 is 0 Å². The Hall–Kier alpha value is -3.19. The fourth-order valence-corrected chi connectivity index (χ4v) is 3.32. The van der Waals surface area contributed by atoms with Gasteiger partial charge < -0.3 is 20.1 Å². The summed E-state index contributed by atoms with van der Waals surface area (Å²) in [7, 11) is 0. The lowest BCUT2D eigenvalue weighted by Crippen LogP contribution is -2.39. The number of carboxylic acids is 2. The number of carbonyl (C=O) groups excluding carboxylic acids is 1. The Balaban J connectivity index is 2.21. The summed E-state index contributed by atoms with van der Waals surface area (Å²) in [5.41, 5.74) is -2.07. The van der Waals surface area contributed by atoms with Gasteiger partial charge in [0.05, 0.1) is 25.0 Å². The maximum Gasteiger partial charge on any atom is 0.318 e. The van der Waals surface area contributed by atoms with Gasteiger partial charge >= 0.3 is 17.9 Å². The second-order valence-corrected chi connectivity index (χ2v) is 7.16. The third kappa shape index (κ3) is 5.65. The lowest BCUT2D eigenvalue weighted by atomic mass is 9.72. The first-order valence-corrected chi connectivity index (χ1v) is 9.12. The second kappa shape index (κ2) is 9.34. The molecule has 0 aliphatic rings. The Morgan fingerprint density at radius 1 is 0.862 bits per heavy atom. The first-order valence-electron chi connectivity index (χ1n) is 9.12. The van der Waals surface area contributed by atoms with Crippen LogP contribution >= 0.6 is 0 Å². The predicted molar refractivity (Wildman–Crippen MR) is 104 cm³/mol. The standard InChI is InChI=1S/C22H24O7/c1-21(28,14-18(23)24)15-19(25)29-13-12-22(20(26)27,16-8-4-2-5-9-16)17-10-6-3-7-11-17/h2-11,28H,12-15H2,1H3,(H,23,24)(H,26,27). The van der Waals surface area contributed by atoms with Crippen molar-refractivity contribution in [1.29, 1.82) is 0 Å². The summed E-state index contributed by atoms with van der Waals surface area (Å²) in [4.78, 5) is 35.2. The van der Waals surface area contributed by atoms with E-state index in [9.17, 15) is 24.6 Å². The van der Waals surface area contributed by atoms with Crippen molar-refractivity contribution in [3.63, 3.8) is 0 Å². The second-order valence-electron chi connectivity index (χ2n) is 7.16. The smallest absolute Gasteiger partial charge is 0.318 e. The van der Waals surface area contributed by atoms with Gasteiger partial charge in [0.2, 0.25) is 0 Å². The Bertz CT molecular complexity index is 804. The predicted octanol–water partition coefficient (Wildman–Crippen LogP) is 2.61. The summed E-state index contributed by atoms with van der Waals surface area (Å²) in [6, 6.07) is 17.4. The Kier molecular flexibility index (Phi) is 7.12. The molecule has 0 saturated heterocycles. The number of ether oxygens (including phenoxy) is 1. The van der Waals surface area contributed by atoms with Crippen molar-refractivity contribution in [3.8, 4) is 0 Å². The molecule has 0 spiro atoms. The number of carboxylic acid groups (broad SMARTS) is 2. The van der Waals surface area contributed by atoms with E-state index in [1.807, 2.05) is 0 Å². The highest BCUT2D eigenvalue weighted by atomic mass is 16.5. The van der Waals surface area contributed by atoms with Gasteiger partial charge in [0.1, 0.15) is 5.41 Å². The molecule has 2 aromatic rings. The molecule has 0 bridgehead atoms. The Morgan fingerprint density at radius 3 is 1.76 bits per heavy atom. The Labute approximate surface area is 168 Å². The molecule has 0 amide bonds. The van der Waals surface area contributed by atoms with Crippen LogP contribution in [0.4, 0.5) is 0 Å². The molecule has 2 aromatic carbocycles. The highest BCUT2D eigenvalue weighted by Crippen LogP contribution is 2.36. The van der Waals surface area contributed by atoms with E-state index in [0.717, 1.165) is 0 Å². The lowest BCUT2D eigenvalue weighted by Gasteiger charge is -2.30. The largest absolute Gasteiger partial charge is 0.481 e. The minimum atomic E-state index is -1.74. The van der Waals surface area contributed by atoms with Crippen LogP contribution in [0.2, 0.25) is 0 Å². The van der Waals surface area contributed by atoms with E-state index in [-0.39, 0.29) is 13.0 Å². The SMILES string of the molecule is CC(O)(CC(=O)O)CC(=O)OCCC(C(=O)O)(c1ccccc1)c1ccccc1. The van der Waals surface area contributed by atoms with Crippen LogP contribution < -0.4 is 0 Å². The number of hydrogen-bond donors (Lipinski definition) is 3. The summed E-state index contributed by atoms with van der Waals surface area (Å²) in [6.45, 7) is 1.02. The average molecular weight is 400 g/mol. The number of rotatable bonds is 10. The summed E-state index contributed by atoms with van der Waals surface area (Å²) >= 11 is 0. The molecule has 1 atom stereocenters. The zero-order valence-electron chi connectivity index (χ0n) is 16.1. The molecule has 0 radical (unpaired) electrons. The molecule has 7 nitrogen and oxygen atoms in total. The van der Waals surface area contributed by atoms with Crippen molar-refractivity contribution in [1.82, 2.24) is 0 Å². The fourth-order valence-electron chi connectivity index (χ4n) is 3.32. The summed E-state index contributed by atoms with van der Waals surface area (Å²) in [5, 5.41) is 28.9. The van der Waals surface area contributed by atoms with Crippen LogP contribution in [0.15, 0.2) is 60.7 Å². The number of aliphatic hydroxyl groups is 1. The van der Waals surface area contributed by atoms with E-state index in [4.69, 9.17) is 9.84 Å². The van der Waals surface area contributed by atoms with Gasteiger partial charge in [-0.05, 0) is 18.1 Å².